The fourth-order valence-electron chi connectivity index (χ4n) is 1.75. The molecule has 2 rings (SSSR count). The van der Waals surface area contributed by atoms with Gasteiger partial charge in [-0.3, -0.25) is 14.7 Å². The van der Waals surface area contributed by atoms with E-state index in [1.165, 1.54) is 0 Å². The lowest BCUT2D eigenvalue weighted by atomic mass is 10.2. The van der Waals surface area contributed by atoms with Crippen LogP contribution in [0.1, 0.15) is 18.9 Å². The van der Waals surface area contributed by atoms with E-state index in [4.69, 9.17) is 23.2 Å². The van der Waals surface area contributed by atoms with Gasteiger partial charge in [0.2, 0.25) is 5.91 Å². The molecule has 0 saturated carbocycles. The summed E-state index contributed by atoms with van der Waals surface area (Å²) >= 11 is 13.4. The zero-order valence-electron chi connectivity index (χ0n) is 10.5. The van der Waals surface area contributed by atoms with Gasteiger partial charge in [-0.25, -0.2) is 0 Å². The minimum atomic E-state index is 0.123. The Hall–Kier alpha value is -0.710. The molecule has 0 saturated heterocycles. The number of thioether (sulfide) groups is 1. The summed E-state index contributed by atoms with van der Waals surface area (Å²) in [7, 11) is 0. The third kappa shape index (κ3) is 3.65. The van der Waals surface area contributed by atoms with E-state index in [2.05, 4.69) is 4.99 Å². The number of amidine groups is 1. The van der Waals surface area contributed by atoms with E-state index in [0.29, 0.717) is 29.6 Å². The molecule has 0 atom stereocenters. The second-order valence-corrected chi connectivity index (χ2v) is 5.86. The van der Waals surface area contributed by atoms with Crippen molar-refractivity contribution < 1.29 is 4.79 Å². The van der Waals surface area contributed by atoms with Crippen molar-refractivity contribution >= 4 is 46.0 Å². The van der Waals surface area contributed by atoms with Gasteiger partial charge in [0.25, 0.3) is 0 Å². The van der Waals surface area contributed by atoms with Crippen LogP contribution in [0.25, 0.3) is 0 Å². The SMILES string of the molecule is CCC(=O)N1CCN=C1SCc1ccc(Cl)c(Cl)c1. The molecule has 0 N–H and O–H groups in total. The van der Waals surface area contributed by atoms with E-state index >= 15 is 0 Å². The van der Waals surface area contributed by atoms with E-state index in [0.717, 1.165) is 16.5 Å². The first-order chi connectivity index (χ1) is 9.11. The molecular weight excluding hydrogens is 303 g/mol. The first-order valence-corrected chi connectivity index (χ1v) is 7.77. The zero-order valence-corrected chi connectivity index (χ0v) is 12.9. The second kappa shape index (κ2) is 6.64. The summed E-state index contributed by atoms with van der Waals surface area (Å²) in [6, 6.07) is 5.56. The molecule has 19 heavy (non-hydrogen) atoms. The number of carbonyl (C=O) groups excluding carboxylic acids is 1. The molecule has 0 bridgehead atoms. The van der Waals surface area contributed by atoms with Gasteiger partial charge in [-0.1, -0.05) is 48.0 Å². The molecule has 1 aliphatic heterocycles. The minimum absolute atomic E-state index is 0.123. The van der Waals surface area contributed by atoms with Crippen LogP contribution in [0.4, 0.5) is 0 Å². The van der Waals surface area contributed by atoms with Gasteiger partial charge >= 0.3 is 0 Å². The summed E-state index contributed by atoms with van der Waals surface area (Å²) in [4.78, 5) is 17.8. The van der Waals surface area contributed by atoms with E-state index < -0.39 is 0 Å². The maximum atomic E-state index is 11.7. The molecule has 6 heteroatoms. The van der Waals surface area contributed by atoms with E-state index in [9.17, 15) is 4.79 Å². The Balaban J connectivity index is 1.98. The molecule has 1 heterocycles. The molecule has 1 amide bonds. The Labute approximate surface area is 127 Å². The van der Waals surface area contributed by atoms with Crippen molar-refractivity contribution in [2.75, 3.05) is 13.1 Å². The molecule has 3 nitrogen and oxygen atoms in total. The molecule has 1 aromatic rings. The Morgan fingerprint density at radius 3 is 2.89 bits per heavy atom. The number of hydrogen-bond donors (Lipinski definition) is 0. The third-order valence-electron chi connectivity index (χ3n) is 2.76. The molecule has 102 valence electrons. The predicted molar refractivity (Wildman–Crippen MR) is 82.1 cm³/mol. The van der Waals surface area contributed by atoms with Crippen LogP contribution < -0.4 is 0 Å². The molecule has 1 aromatic carbocycles. The van der Waals surface area contributed by atoms with Crippen LogP contribution in [0.15, 0.2) is 23.2 Å². The highest BCUT2D eigenvalue weighted by molar-refractivity contribution is 8.13. The summed E-state index contributed by atoms with van der Waals surface area (Å²) in [5.41, 5.74) is 1.07. The monoisotopic (exact) mass is 316 g/mol. The van der Waals surface area contributed by atoms with Gasteiger partial charge in [-0.05, 0) is 17.7 Å². The van der Waals surface area contributed by atoms with Gasteiger partial charge < -0.3 is 0 Å². The number of amides is 1. The third-order valence-corrected chi connectivity index (χ3v) is 4.58. The molecule has 0 aliphatic carbocycles. The standard InChI is InChI=1S/C13H14Cl2N2OS/c1-2-12(18)17-6-5-16-13(17)19-8-9-3-4-10(14)11(15)7-9/h3-4,7H,2,5-6,8H2,1H3. The maximum Gasteiger partial charge on any atom is 0.228 e. The Morgan fingerprint density at radius 1 is 1.42 bits per heavy atom. The molecule has 0 radical (unpaired) electrons. The van der Waals surface area contributed by atoms with E-state index in [-0.39, 0.29) is 5.91 Å². The molecule has 0 aromatic heterocycles. The number of halogens is 2. The number of benzene rings is 1. The normalized spacial score (nSPS) is 14.7. The van der Waals surface area contributed by atoms with Crippen LogP contribution >= 0.6 is 35.0 Å². The summed E-state index contributed by atoms with van der Waals surface area (Å²) < 4.78 is 0. The van der Waals surface area contributed by atoms with Crippen molar-refractivity contribution in [2.24, 2.45) is 4.99 Å². The predicted octanol–water partition coefficient (Wildman–Crippen LogP) is 3.83. The molecule has 0 spiro atoms. The van der Waals surface area contributed by atoms with Crippen LogP contribution in [0.2, 0.25) is 10.0 Å². The first kappa shape index (κ1) is 14.7. The van der Waals surface area contributed by atoms with E-state index in [1.807, 2.05) is 19.1 Å². The van der Waals surface area contributed by atoms with Crippen molar-refractivity contribution in [3.05, 3.63) is 33.8 Å². The molecule has 1 aliphatic rings. The number of nitrogens with zero attached hydrogens (tertiary/aromatic N) is 2. The summed E-state index contributed by atoms with van der Waals surface area (Å²) in [5, 5.41) is 1.91. The fraction of sp³-hybridized carbons (Fsp3) is 0.385. The van der Waals surface area contributed by atoms with Gasteiger partial charge in [-0.2, -0.15) is 0 Å². The van der Waals surface area contributed by atoms with Gasteiger partial charge in [0.1, 0.15) is 0 Å². The van der Waals surface area contributed by atoms with Crippen molar-refractivity contribution in [3.8, 4) is 0 Å². The van der Waals surface area contributed by atoms with Crippen molar-refractivity contribution in [1.29, 1.82) is 0 Å². The Kier molecular flexibility index (Phi) is 5.13. The average molecular weight is 317 g/mol. The zero-order chi connectivity index (χ0) is 13.8. The lowest BCUT2D eigenvalue weighted by molar-refractivity contribution is -0.126. The topological polar surface area (TPSA) is 32.7 Å². The molecular formula is C13H14Cl2N2OS. The van der Waals surface area contributed by atoms with Gasteiger partial charge in [-0.15, -0.1) is 0 Å². The maximum absolute atomic E-state index is 11.7. The van der Waals surface area contributed by atoms with Crippen LogP contribution in [0.3, 0.4) is 0 Å². The highest BCUT2D eigenvalue weighted by Crippen LogP contribution is 2.26. The van der Waals surface area contributed by atoms with Gasteiger partial charge in [0.05, 0.1) is 16.6 Å². The number of rotatable bonds is 3. The Bertz CT molecular complexity index is 519. The van der Waals surface area contributed by atoms with Crippen molar-refractivity contribution in [1.82, 2.24) is 4.90 Å². The number of carbonyl (C=O) groups is 1. The summed E-state index contributed by atoms with van der Waals surface area (Å²) in [6.07, 6.45) is 0.506. The number of aliphatic imine (C=N–C) groups is 1. The smallest absolute Gasteiger partial charge is 0.228 e. The average Bonchev–Trinajstić information content (AvgIpc) is 2.87. The summed E-state index contributed by atoms with van der Waals surface area (Å²) in [5.74, 6) is 0.848. The van der Waals surface area contributed by atoms with Crippen LogP contribution in [0.5, 0.6) is 0 Å². The second-order valence-electron chi connectivity index (χ2n) is 4.10. The largest absolute Gasteiger partial charge is 0.290 e. The van der Waals surface area contributed by atoms with Crippen LogP contribution in [-0.4, -0.2) is 29.1 Å². The molecule has 0 fully saturated rings. The van der Waals surface area contributed by atoms with Crippen LogP contribution in [0, 0.1) is 0 Å². The van der Waals surface area contributed by atoms with Gasteiger partial charge in [0, 0.05) is 18.7 Å². The Morgan fingerprint density at radius 2 is 2.21 bits per heavy atom. The lowest BCUT2D eigenvalue weighted by Crippen LogP contribution is -2.32. The highest BCUT2D eigenvalue weighted by atomic mass is 35.5. The van der Waals surface area contributed by atoms with Crippen molar-refractivity contribution in [3.63, 3.8) is 0 Å². The van der Waals surface area contributed by atoms with E-state index in [1.54, 1.807) is 22.7 Å². The quantitative estimate of drug-likeness (QED) is 0.848. The van der Waals surface area contributed by atoms with Crippen LogP contribution in [-0.2, 0) is 10.5 Å². The molecule has 0 unspecified atom stereocenters. The van der Waals surface area contributed by atoms with Gasteiger partial charge in [0.15, 0.2) is 5.17 Å². The highest BCUT2D eigenvalue weighted by Gasteiger charge is 2.22. The number of hydrogen-bond acceptors (Lipinski definition) is 3. The lowest BCUT2D eigenvalue weighted by Gasteiger charge is -2.16. The first-order valence-electron chi connectivity index (χ1n) is 6.03. The van der Waals surface area contributed by atoms with Crippen molar-refractivity contribution in [2.45, 2.75) is 19.1 Å². The summed E-state index contributed by atoms with van der Waals surface area (Å²) in [6.45, 7) is 3.24. The fourth-order valence-corrected chi connectivity index (χ4v) is 3.08. The minimum Gasteiger partial charge on any atom is -0.290 e.